The van der Waals surface area contributed by atoms with E-state index in [1.807, 2.05) is 65.3 Å². The Kier molecular flexibility index (Phi) is 5.01. The molecule has 5 rings (SSSR count). The van der Waals surface area contributed by atoms with Crippen LogP contribution in [0.25, 0.3) is 22.4 Å². The van der Waals surface area contributed by atoms with Crippen molar-refractivity contribution in [3.8, 4) is 17.0 Å². The minimum absolute atomic E-state index is 0.150. The van der Waals surface area contributed by atoms with Crippen LogP contribution in [0, 0.1) is 0 Å². The highest BCUT2D eigenvalue weighted by Crippen LogP contribution is 2.26. The van der Waals surface area contributed by atoms with Gasteiger partial charge in [0.05, 0.1) is 24.2 Å². The highest BCUT2D eigenvalue weighted by molar-refractivity contribution is 7.99. The summed E-state index contributed by atoms with van der Waals surface area (Å²) in [6, 6.07) is 19.3. The van der Waals surface area contributed by atoms with E-state index in [0.29, 0.717) is 22.2 Å². The Bertz CT molecular complexity index is 1380. The second-order valence-corrected chi connectivity index (χ2v) is 7.68. The molecule has 0 aliphatic heterocycles. The van der Waals surface area contributed by atoms with Crippen LogP contribution in [0.5, 0.6) is 5.75 Å². The number of nitrogens with zero attached hydrogens (tertiary/aromatic N) is 5. The lowest BCUT2D eigenvalue weighted by atomic mass is 10.1. The van der Waals surface area contributed by atoms with Crippen molar-refractivity contribution in [2.24, 2.45) is 0 Å². The van der Waals surface area contributed by atoms with Gasteiger partial charge in [-0.15, -0.1) is 10.2 Å². The van der Waals surface area contributed by atoms with Crippen LogP contribution in [0.4, 0.5) is 5.69 Å². The van der Waals surface area contributed by atoms with Crippen molar-refractivity contribution in [2.75, 3.05) is 18.2 Å². The van der Waals surface area contributed by atoms with Crippen molar-refractivity contribution in [1.82, 2.24) is 24.2 Å². The van der Waals surface area contributed by atoms with Gasteiger partial charge in [0.2, 0.25) is 5.91 Å². The van der Waals surface area contributed by atoms with Gasteiger partial charge in [0, 0.05) is 18.0 Å². The fraction of sp³-hybridized carbons (Fsp3) is 0.0909. The molecule has 0 aliphatic carbocycles. The number of nitrogens with one attached hydrogen (secondary N) is 1. The molecule has 0 spiro atoms. The van der Waals surface area contributed by atoms with E-state index in [2.05, 4.69) is 20.6 Å². The van der Waals surface area contributed by atoms with Gasteiger partial charge < -0.3 is 10.1 Å². The highest BCUT2D eigenvalue weighted by atomic mass is 32.2. The third-order valence-corrected chi connectivity index (χ3v) is 5.71. The Labute approximate surface area is 181 Å². The van der Waals surface area contributed by atoms with Gasteiger partial charge in [0.15, 0.2) is 10.8 Å². The van der Waals surface area contributed by atoms with Gasteiger partial charge in [-0.2, -0.15) is 5.10 Å². The third kappa shape index (κ3) is 3.71. The van der Waals surface area contributed by atoms with Crippen molar-refractivity contribution in [3.05, 3.63) is 73.1 Å². The number of hydrogen-bond donors (Lipinski definition) is 1. The number of anilines is 1. The van der Waals surface area contributed by atoms with Crippen molar-refractivity contribution >= 4 is 34.5 Å². The predicted octanol–water partition coefficient (Wildman–Crippen LogP) is 3.78. The number of hydrogen-bond acceptors (Lipinski definition) is 6. The van der Waals surface area contributed by atoms with Crippen LogP contribution in [0.1, 0.15) is 0 Å². The molecule has 1 N–H and O–H groups in total. The van der Waals surface area contributed by atoms with Gasteiger partial charge in [-0.1, -0.05) is 54.2 Å². The first-order valence-corrected chi connectivity index (χ1v) is 10.6. The molecule has 8 nitrogen and oxygen atoms in total. The maximum Gasteiger partial charge on any atom is 0.234 e. The summed E-state index contributed by atoms with van der Waals surface area (Å²) >= 11 is 1.32. The minimum atomic E-state index is -0.150. The summed E-state index contributed by atoms with van der Waals surface area (Å²) in [5.74, 6) is 0.660. The molecule has 0 bridgehead atoms. The highest BCUT2D eigenvalue weighted by Gasteiger charge is 2.14. The number of rotatable bonds is 6. The molecule has 0 radical (unpaired) electrons. The van der Waals surface area contributed by atoms with Gasteiger partial charge in [-0.3, -0.25) is 9.20 Å². The lowest BCUT2D eigenvalue weighted by Crippen LogP contribution is -2.14. The summed E-state index contributed by atoms with van der Waals surface area (Å²) in [7, 11) is 1.57. The number of para-hydroxylation sites is 2. The van der Waals surface area contributed by atoms with Crippen LogP contribution >= 0.6 is 11.8 Å². The standard InChI is InChI=1S/C22H18N6O2S/c1-30-19-10-6-5-9-16(19)23-20(29)14-31-22-25-24-21-18-13-17(15-7-3-2-4-8-15)26-28(18)12-11-27(21)22/h2-13H,14H2,1H3,(H,23,29). The molecule has 5 aromatic rings. The lowest BCUT2D eigenvalue weighted by Gasteiger charge is -2.09. The minimum Gasteiger partial charge on any atom is -0.495 e. The molecule has 0 fully saturated rings. The largest absolute Gasteiger partial charge is 0.495 e. The van der Waals surface area contributed by atoms with Crippen molar-refractivity contribution in [2.45, 2.75) is 5.16 Å². The Morgan fingerprint density at radius 2 is 1.87 bits per heavy atom. The number of carbonyl (C=O) groups excluding carboxylic acids is 1. The first-order chi connectivity index (χ1) is 15.2. The van der Waals surface area contributed by atoms with Gasteiger partial charge in [-0.25, -0.2) is 4.52 Å². The van der Waals surface area contributed by atoms with E-state index in [0.717, 1.165) is 16.8 Å². The first-order valence-electron chi connectivity index (χ1n) is 9.57. The number of benzene rings is 2. The fourth-order valence-electron chi connectivity index (χ4n) is 3.30. The molecule has 2 aromatic carbocycles. The van der Waals surface area contributed by atoms with Crippen molar-refractivity contribution in [3.63, 3.8) is 0 Å². The van der Waals surface area contributed by atoms with Crippen molar-refractivity contribution in [1.29, 1.82) is 0 Å². The van der Waals surface area contributed by atoms with E-state index in [9.17, 15) is 4.79 Å². The van der Waals surface area contributed by atoms with E-state index in [-0.39, 0.29) is 11.7 Å². The summed E-state index contributed by atoms with van der Waals surface area (Å²) < 4.78 is 8.93. The van der Waals surface area contributed by atoms with Gasteiger partial charge >= 0.3 is 0 Å². The van der Waals surface area contributed by atoms with E-state index in [1.54, 1.807) is 23.8 Å². The molecule has 31 heavy (non-hydrogen) atoms. The van der Waals surface area contributed by atoms with Crippen LogP contribution in [-0.2, 0) is 4.79 Å². The van der Waals surface area contributed by atoms with E-state index >= 15 is 0 Å². The zero-order valence-corrected chi connectivity index (χ0v) is 17.4. The molecule has 0 atom stereocenters. The van der Waals surface area contributed by atoms with E-state index in [1.165, 1.54) is 11.8 Å². The number of aromatic nitrogens is 5. The average Bonchev–Trinajstić information content (AvgIpc) is 3.42. The first kappa shape index (κ1) is 19.1. The molecule has 0 aliphatic rings. The molecule has 3 aromatic heterocycles. The second-order valence-electron chi connectivity index (χ2n) is 6.74. The Hall–Kier alpha value is -3.85. The summed E-state index contributed by atoms with van der Waals surface area (Å²) in [4.78, 5) is 12.4. The van der Waals surface area contributed by atoms with Gasteiger partial charge in [0.1, 0.15) is 11.3 Å². The smallest absolute Gasteiger partial charge is 0.234 e. The molecule has 3 heterocycles. The van der Waals surface area contributed by atoms with Crippen LogP contribution in [-0.4, -0.2) is 43.0 Å². The van der Waals surface area contributed by atoms with Crippen LogP contribution < -0.4 is 10.1 Å². The SMILES string of the molecule is COc1ccccc1NC(=O)CSc1nnc2c3cc(-c4ccccc4)nn3ccn12. The van der Waals surface area contributed by atoms with Crippen LogP contribution in [0.3, 0.4) is 0 Å². The fourth-order valence-corrected chi connectivity index (χ4v) is 4.02. The quantitative estimate of drug-likeness (QED) is 0.413. The number of ether oxygens (including phenoxy) is 1. The third-order valence-electron chi connectivity index (χ3n) is 4.77. The maximum atomic E-state index is 12.4. The normalized spacial score (nSPS) is 11.1. The molecule has 1 amide bonds. The Balaban J connectivity index is 1.36. The zero-order chi connectivity index (χ0) is 21.2. The summed E-state index contributed by atoms with van der Waals surface area (Å²) in [6.07, 6.45) is 3.71. The Morgan fingerprint density at radius 1 is 1.06 bits per heavy atom. The monoisotopic (exact) mass is 430 g/mol. The number of methoxy groups -OCH3 is 1. The molecule has 0 saturated heterocycles. The molecule has 9 heteroatoms. The van der Waals surface area contributed by atoms with Gasteiger partial charge in [-0.05, 0) is 18.2 Å². The maximum absolute atomic E-state index is 12.4. The molecular weight excluding hydrogens is 412 g/mol. The lowest BCUT2D eigenvalue weighted by molar-refractivity contribution is -0.113. The molecule has 154 valence electrons. The van der Waals surface area contributed by atoms with Gasteiger partial charge in [0.25, 0.3) is 0 Å². The zero-order valence-electron chi connectivity index (χ0n) is 16.6. The molecule has 0 saturated carbocycles. The summed E-state index contributed by atoms with van der Waals surface area (Å²) in [5.41, 5.74) is 4.06. The topological polar surface area (TPSA) is 85.8 Å². The summed E-state index contributed by atoms with van der Waals surface area (Å²) in [6.45, 7) is 0. The van der Waals surface area contributed by atoms with Crippen LogP contribution in [0.2, 0.25) is 0 Å². The Morgan fingerprint density at radius 3 is 2.71 bits per heavy atom. The van der Waals surface area contributed by atoms with Crippen molar-refractivity contribution < 1.29 is 9.53 Å². The molecule has 0 unspecified atom stereocenters. The number of amides is 1. The number of fused-ring (bicyclic) bond motifs is 3. The summed E-state index contributed by atoms with van der Waals surface area (Å²) in [5, 5.41) is 16.7. The number of carbonyl (C=O) groups is 1. The predicted molar refractivity (Wildman–Crippen MR) is 120 cm³/mol. The molecular formula is C22H18N6O2S. The number of thioether (sulfide) groups is 1. The van der Waals surface area contributed by atoms with E-state index in [4.69, 9.17) is 4.74 Å². The van der Waals surface area contributed by atoms with E-state index < -0.39 is 0 Å². The second kappa shape index (κ2) is 8.11. The average molecular weight is 430 g/mol. The van der Waals surface area contributed by atoms with Crippen LogP contribution in [0.15, 0.2) is 78.2 Å².